The van der Waals surface area contributed by atoms with E-state index < -0.39 is 24.0 Å². The van der Waals surface area contributed by atoms with E-state index in [1.165, 1.54) is 4.90 Å². The molecule has 13 heteroatoms. The number of hydrogen-bond donors (Lipinski definition) is 5. The van der Waals surface area contributed by atoms with Crippen LogP contribution >= 0.6 is 0 Å². The van der Waals surface area contributed by atoms with Crippen molar-refractivity contribution in [3.63, 3.8) is 0 Å². The number of para-hydroxylation sites is 2. The number of urea groups is 3. The molecule has 1 aliphatic rings. The van der Waals surface area contributed by atoms with E-state index in [0.29, 0.717) is 50.7 Å². The Morgan fingerprint density at radius 2 is 1.23 bits per heavy atom. The lowest BCUT2D eigenvalue weighted by molar-refractivity contribution is -0.119. The summed E-state index contributed by atoms with van der Waals surface area (Å²) in [7, 11) is 0. The highest BCUT2D eigenvalue weighted by Gasteiger charge is 2.32. The molecule has 13 nitrogen and oxygen atoms in total. The predicted molar refractivity (Wildman–Crippen MR) is 184 cm³/mol. The fraction of sp³-hybridized carbons (Fsp3) is 0.500. The van der Waals surface area contributed by atoms with Gasteiger partial charge in [-0.1, -0.05) is 75.9 Å². The summed E-state index contributed by atoms with van der Waals surface area (Å²) in [6.07, 6.45) is 6.00. The number of rotatable bonds is 15. The highest BCUT2D eigenvalue weighted by Crippen LogP contribution is 2.25. The highest BCUT2D eigenvalue weighted by atomic mass is 16.2. The molecule has 0 saturated carbocycles. The zero-order valence-electron chi connectivity index (χ0n) is 27.8. The van der Waals surface area contributed by atoms with Gasteiger partial charge in [0.1, 0.15) is 0 Å². The largest absolute Gasteiger partial charge is 0.369 e. The molecular weight excluding hydrogens is 600 g/mol. The van der Waals surface area contributed by atoms with Crippen LogP contribution < -0.4 is 31.9 Å². The second-order valence-electron chi connectivity index (χ2n) is 11.0. The smallest absolute Gasteiger partial charge is 0.336 e. The van der Waals surface area contributed by atoms with E-state index in [4.69, 9.17) is 5.73 Å². The Morgan fingerprint density at radius 3 is 1.68 bits per heavy atom. The molecule has 258 valence electrons. The number of imide groups is 3. The number of hydrogen-bond acceptors (Lipinski definition) is 7. The van der Waals surface area contributed by atoms with Gasteiger partial charge in [0, 0.05) is 63.6 Å². The Kier molecular flexibility index (Phi) is 18.9. The van der Waals surface area contributed by atoms with Crippen molar-refractivity contribution in [2.75, 3.05) is 57.3 Å². The number of benzene rings is 2. The lowest BCUT2D eigenvalue weighted by Crippen LogP contribution is -2.58. The molecule has 0 spiro atoms. The first-order valence-corrected chi connectivity index (χ1v) is 16.6. The third-order valence-corrected chi connectivity index (χ3v) is 7.19. The van der Waals surface area contributed by atoms with Gasteiger partial charge in [-0.3, -0.25) is 14.5 Å². The maximum atomic E-state index is 12.7. The maximum absolute atomic E-state index is 12.7. The van der Waals surface area contributed by atoms with Crippen LogP contribution in [0.3, 0.4) is 0 Å². The Labute approximate surface area is 278 Å². The van der Waals surface area contributed by atoms with Gasteiger partial charge in [0.2, 0.25) is 11.8 Å². The Balaban J connectivity index is 0.000000329. The highest BCUT2D eigenvalue weighted by molar-refractivity contribution is 6.09. The van der Waals surface area contributed by atoms with E-state index in [2.05, 4.69) is 35.1 Å². The summed E-state index contributed by atoms with van der Waals surface area (Å²) in [5.74, 6) is -0.482. The molecule has 2 aromatic carbocycles. The van der Waals surface area contributed by atoms with Gasteiger partial charge >= 0.3 is 18.1 Å². The molecule has 0 radical (unpaired) electrons. The molecule has 1 aliphatic heterocycles. The molecule has 1 heterocycles. The van der Waals surface area contributed by atoms with Gasteiger partial charge in [0.05, 0.1) is 6.54 Å². The molecule has 2 aromatic rings. The molecule has 0 aromatic heterocycles. The average molecular weight is 653 g/mol. The molecule has 8 amide bonds. The Bertz CT molecular complexity index is 1160. The SMILES string of the molecule is CCCCCNC(=O)N(C(=O)NCCCCC)C(=O)N1CCNCC1.NC(=O)CNCCC(=O)N(c1ccccc1)c1ccccc1. The van der Waals surface area contributed by atoms with Crippen molar-refractivity contribution in [2.24, 2.45) is 5.73 Å². The summed E-state index contributed by atoms with van der Waals surface area (Å²) in [4.78, 5) is 64.6. The van der Waals surface area contributed by atoms with Gasteiger partial charge < -0.3 is 31.9 Å². The van der Waals surface area contributed by atoms with E-state index in [9.17, 15) is 24.0 Å². The summed E-state index contributed by atoms with van der Waals surface area (Å²) in [6, 6.07) is 17.1. The van der Waals surface area contributed by atoms with Gasteiger partial charge in [-0.2, -0.15) is 4.90 Å². The van der Waals surface area contributed by atoms with Crippen LogP contribution in [-0.2, 0) is 9.59 Å². The van der Waals surface area contributed by atoms with Crippen LogP contribution in [0.25, 0.3) is 0 Å². The molecule has 0 bridgehead atoms. The lowest BCUT2D eigenvalue weighted by Gasteiger charge is -2.31. The minimum absolute atomic E-state index is 0.0469. The van der Waals surface area contributed by atoms with Crippen LogP contribution in [0.2, 0.25) is 0 Å². The van der Waals surface area contributed by atoms with Crippen molar-refractivity contribution in [2.45, 2.75) is 58.8 Å². The number of nitrogens with two attached hydrogens (primary N) is 1. The normalized spacial score (nSPS) is 12.3. The van der Waals surface area contributed by atoms with E-state index >= 15 is 0 Å². The minimum atomic E-state index is -0.646. The summed E-state index contributed by atoms with van der Waals surface area (Å²) in [5, 5.41) is 11.4. The van der Waals surface area contributed by atoms with Gasteiger partial charge in [-0.25, -0.2) is 14.4 Å². The molecular formula is C34H52N8O5. The Hall–Kier alpha value is -4.49. The van der Waals surface area contributed by atoms with Gasteiger partial charge in [-0.15, -0.1) is 0 Å². The van der Waals surface area contributed by atoms with Gasteiger partial charge in [-0.05, 0) is 37.1 Å². The lowest BCUT2D eigenvalue weighted by atomic mass is 10.2. The molecule has 47 heavy (non-hydrogen) atoms. The second kappa shape index (κ2) is 22.9. The van der Waals surface area contributed by atoms with E-state index in [1.54, 1.807) is 4.90 Å². The first-order chi connectivity index (χ1) is 22.8. The number of nitrogens with one attached hydrogen (secondary N) is 4. The number of nitrogens with zero attached hydrogens (tertiary/aromatic N) is 3. The second-order valence-corrected chi connectivity index (χ2v) is 11.0. The van der Waals surface area contributed by atoms with Crippen molar-refractivity contribution in [1.82, 2.24) is 31.1 Å². The van der Waals surface area contributed by atoms with Crippen LogP contribution in [0.15, 0.2) is 60.7 Å². The van der Waals surface area contributed by atoms with Crippen LogP contribution in [-0.4, -0.2) is 92.1 Å². The zero-order valence-corrected chi connectivity index (χ0v) is 27.8. The number of amides is 8. The molecule has 1 saturated heterocycles. The van der Waals surface area contributed by atoms with Crippen molar-refractivity contribution in [3.05, 3.63) is 60.7 Å². The number of anilines is 2. The molecule has 0 atom stereocenters. The van der Waals surface area contributed by atoms with Crippen molar-refractivity contribution < 1.29 is 24.0 Å². The van der Waals surface area contributed by atoms with E-state index in [1.807, 2.05) is 60.7 Å². The first-order valence-electron chi connectivity index (χ1n) is 16.6. The van der Waals surface area contributed by atoms with Crippen molar-refractivity contribution in [3.8, 4) is 0 Å². The van der Waals surface area contributed by atoms with Crippen LogP contribution in [0.4, 0.5) is 25.8 Å². The topological polar surface area (TPSA) is 169 Å². The standard InChI is InChI=1S/C17H33N5O3.C17H19N3O2/c1-3-5-7-9-19-15(23)22(16(24)20-10-8-6-4-2)17(25)21-13-11-18-12-14-21;18-16(21)13-19-12-11-17(22)20(14-7-3-1-4-8-14)15-9-5-2-6-10-15/h18H,3-14H2,1-2H3,(H,19,23)(H,20,24);1-10,19H,11-13H2,(H2,18,21). The van der Waals surface area contributed by atoms with Gasteiger partial charge in [0.25, 0.3) is 0 Å². The third-order valence-electron chi connectivity index (χ3n) is 7.19. The van der Waals surface area contributed by atoms with Crippen LogP contribution in [0.5, 0.6) is 0 Å². The first kappa shape index (κ1) is 38.7. The summed E-state index contributed by atoms with van der Waals surface area (Å²) in [6.45, 7) is 7.84. The fourth-order valence-electron chi connectivity index (χ4n) is 4.67. The predicted octanol–water partition coefficient (Wildman–Crippen LogP) is 3.93. The number of carbonyl (C=O) groups excluding carboxylic acids is 5. The molecule has 6 N–H and O–H groups in total. The summed E-state index contributed by atoms with van der Waals surface area (Å²) >= 11 is 0. The van der Waals surface area contributed by atoms with E-state index in [0.717, 1.165) is 49.9 Å². The summed E-state index contributed by atoms with van der Waals surface area (Å²) < 4.78 is 0. The number of carbonyl (C=O) groups is 5. The van der Waals surface area contributed by atoms with Crippen molar-refractivity contribution in [1.29, 1.82) is 0 Å². The Morgan fingerprint density at radius 1 is 0.745 bits per heavy atom. The fourth-order valence-corrected chi connectivity index (χ4v) is 4.67. The number of primary amides is 1. The maximum Gasteiger partial charge on any atom is 0.336 e. The van der Waals surface area contributed by atoms with E-state index in [-0.39, 0.29) is 18.9 Å². The number of piperazine rings is 1. The van der Waals surface area contributed by atoms with Gasteiger partial charge in [0.15, 0.2) is 0 Å². The molecule has 0 aliphatic carbocycles. The number of unbranched alkanes of at least 4 members (excludes halogenated alkanes) is 4. The summed E-state index contributed by atoms with van der Waals surface area (Å²) in [5.41, 5.74) is 6.68. The van der Waals surface area contributed by atoms with Crippen LogP contribution in [0.1, 0.15) is 58.8 Å². The monoisotopic (exact) mass is 652 g/mol. The zero-order chi connectivity index (χ0) is 34.3. The average Bonchev–Trinajstić information content (AvgIpc) is 3.09. The quantitative estimate of drug-likeness (QED) is 0.182. The van der Waals surface area contributed by atoms with Crippen molar-refractivity contribution >= 4 is 41.3 Å². The van der Waals surface area contributed by atoms with Crippen LogP contribution in [0, 0.1) is 0 Å². The minimum Gasteiger partial charge on any atom is -0.369 e. The third kappa shape index (κ3) is 14.6. The molecule has 3 rings (SSSR count). The molecule has 0 unspecified atom stereocenters. The molecule has 1 fully saturated rings.